The topological polar surface area (TPSA) is 54.0 Å². The molecular weight excluding hydrogens is 258 g/mol. The standard InChI is InChI=1S/C14H25N3O3/c1-14(10-15-11-14)20-9-13(18)17-3-2-12(8-17)16-4-6-19-7-5-16/h12,15H,2-11H2,1H3. The average molecular weight is 283 g/mol. The maximum Gasteiger partial charge on any atom is 0.248 e. The van der Waals surface area contributed by atoms with Gasteiger partial charge in [-0.1, -0.05) is 0 Å². The van der Waals surface area contributed by atoms with Gasteiger partial charge in [-0.25, -0.2) is 0 Å². The summed E-state index contributed by atoms with van der Waals surface area (Å²) in [6.07, 6.45) is 1.07. The molecule has 1 atom stereocenters. The van der Waals surface area contributed by atoms with E-state index in [-0.39, 0.29) is 18.1 Å². The van der Waals surface area contributed by atoms with Gasteiger partial charge in [0.1, 0.15) is 6.61 Å². The number of morpholine rings is 1. The van der Waals surface area contributed by atoms with Crippen LogP contribution in [0.15, 0.2) is 0 Å². The van der Waals surface area contributed by atoms with Crippen LogP contribution in [-0.4, -0.2) is 86.4 Å². The smallest absolute Gasteiger partial charge is 0.248 e. The molecule has 0 aromatic carbocycles. The predicted octanol–water partition coefficient (Wildman–Crippen LogP) is -0.702. The van der Waals surface area contributed by atoms with Gasteiger partial charge in [-0.15, -0.1) is 0 Å². The molecule has 0 aromatic rings. The van der Waals surface area contributed by atoms with E-state index < -0.39 is 0 Å². The summed E-state index contributed by atoms with van der Waals surface area (Å²) in [7, 11) is 0. The third-order valence-corrected chi connectivity index (χ3v) is 4.62. The van der Waals surface area contributed by atoms with Gasteiger partial charge in [0.25, 0.3) is 0 Å². The zero-order valence-electron chi connectivity index (χ0n) is 12.3. The molecule has 0 radical (unpaired) electrons. The second kappa shape index (κ2) is 5.97. The Bertz CT molecular complexity index is 354. The summed E-state index contributed by atoms with van der Waals surface area (Å²) in [5, 5.41) is 3.18. The fourth-order valence-corrected chi connectivity index (χ4v) is 3.12. The number of likely N-dealkylation sites (tertiary alicyclic amines) is 1. The molecule has 0 bridgehead atoms. The molecule has 1 N–H and O–H groups in total. The van der Waals surface area contributed by atoms with Crippen LogP contribution in [0.3, 0.4) is 0 Å². The van der Waals surface area contributed by atoms with Gasteiger partial charge in [-0.3, -0.25) is 9.69 Å². The molecule has 3 fully saturated rings. The lowest BCUT2D eigenvalue weighted by atomic mass is 10.0. The first-order chi connectivity index (χ1) is 9.66. The van der Waals surface area contributed by atoms with E-state index in [9.17, 15) is 4.79 Å². The molecule has 3 heterocycles. The first-order valence-electron chi connectivity index (χ1n) is 7.61. The normalized spacial score (nSPS) is 30.2. The molecule has 3 saturated heterocycles. The Labute approximate surface area is 120 Å². The summed E-state index contributed by atoms with van der Waals surface area (Å²) in [6, 6.07) is 0.504. The van der Waals surface area contributed by atoms with Gasteiger partial charge in [0.05, 0.1) is 18.8 Å². The first-order valence-corrected chi connectivity index (χ1v) is 7.61. The van der Waals surface area contributed by atoms with Crippen LogP contribution in [0.1, 0.15) is 13.3 Å². The van der Waals surface area contributed by atoms with Crippen LogP contribution >= 0.6 is 0 Å². The highest BCUT2D eigenvalue weighted by atomic mass is 16.5. The molecule has 114 valence electrons. The monoisotopic (exact) mass is 283 g/mol. The maximum absolute atomic E-state index is 12.2. The molecule has 3 aliphatic heterocycles. The number of rotatable bonds is 4. The van der Waals surface area contributed by atoms with Crippen LogP contribution < -0.4 is 5.32 Å². The number of ether oxygens (including phenoxy) is 2. The fourth-order valence-electron chi connectivity index (χ4n) is 3.12. The van der Waals surface area contributed by atoms with Gasteiger partial charge >= 0.3 is 0 Å². The highest BCUT2D eigenvalue weighted by Gasteiger charge is 2.35. The molecule has 3 aliphatic rings. The molecule has 6 nitrogen and oxygen atoms in total. The Balaban J connectivity index is 1.43. The first kappa shape index (κ1) is 14.3. The summed E-state index contributed by atoms with van der Waals surface area (Å²) >= 11 is 0. The van der Waals surface area contributed by atoms with Crippen molar-refractivity contribution in [3.63, 3.8) is 0 Å². The van der Waals surface area contributed by atoms with E-state index in [1.54, 1.807) is 0 Å². The second-order valence-corrected chi connectivity index (χ2v) is 6.27. The van der Waals surface area contributed by atoms with Gasteiger partial charge in [0.15, 0.2) is 0 Å². The van der Waals surface area contributed by atoms with Gasteiger partial charge in [0.2, 0.25) is 5.91 Å². The highest BCUT2D eigenvalue weighted by Crippen LogP contribution is 2.19. The van der Waals surface area contributed by atoms with E-state index in [4.69, 9.17) is 9.47 Å². The molecule has 0 spiro atoms. The fraction of sp³-hybridized carbons (Fsp3) is 0.929. The molecule has 3 rings (SSSR count). The molecular formula is C14H25N3O3. The molecule has 0 saturated carbocycles. The summed E-state index contributed by atoms with van der Waals surface area (Å²) in [5.41, 5.74) is -0.140. The Hall–Kier alpha value is -0.690. The second-order valence-electron chi connectivity index (χ2n) is 6.27. The lowest BCUT2D eigenvalue weighted by Gasteiger charge is -2.39. The highest BCUT2D eigenvalue weighted by molar-refractivity contribution is 5.77. The zero-order chi connectivity index (χ0) is 14.0. The zero-order valence-corrected chi connectivity index (χ0v) is 12.3. The van der Waals surface area contributed by atoms with E-state index in [2.05, 4.69) is 17.1 Å². The lowest BCUT2D eigenvalue weighted by Crippen LogP contribution is -2.59. The third kappa shape index (κ3) is 3.14. The minimum absolute atomic E-state index is 0.133. The van der Waals surface area contributed by atoms with E-state index in [1.807, 2.05) is 4.90 Å². The van der Waals surface area contributed by atoms with Crippen LogP contribution in [-0.2, 0) is 14.3 Å². The number of hydrogen-bond acceptors (Lipinski definition) is 5. The number of hydrogen-bond donors (Lipinski definition) is 1. The predicted molar refractivity (Wildman–Crippen MR) is 74.6 cm³/mol. The molecule has 20 heavy (non-hydrogen) atoms. The van der Waals surface area contributed by atoms with E-state index in [0.29, 0.717) is 6.04 Å². The molecule has 0 aliphatic carbocycles. The molecule has 1 unspecified atom stereocenters. The van der Waals surface area contributed by atoms with Crippen molar-refractivity contribution in [2.75, 3.05) is 59.1 Å². The van der Waals surface area contributed by atoms with Gasteiger partial charge in [-0.05, 0) is 13.3 Å². The van der Waals surface area contributed by atoms with Gasteiger partial charge < -0.3 is 19.7 Å². The Morgan fingerprint density at radius 1 is 1.35 bits per heavy atom. The summed E-state index contributed by atoms with van der Waals surface area (Å²) < 4.78 is 11.1. The van der Waals surface area contributed by atoms with Crippen molar-refractivity contribution in [2.45, 2.75) is 25.0 Å². The molecule has 0 aromatic heterocycles. The van der Waals surface area contributed by atoms with Crippen LogP contribution in [0, 0.1) is 0 Å². The van der Waals surface area contributed by atoms with Crippen LogP contribution in [0.4, 0.5) is 0 Å². The van der Waals surface area contributed by atoms with E-state index in [0.717, 1.165) is 58.9 Å². The van der Waals surface area contributed by atoms with Crippen LogP contribution in [0.25, 0.3) is 0 Å². The summed E-state index contributed by atoms with van der Waals surface area (Å²) in [5.74, 6) is 0.133. The van der Waals surface area contributed by atoms with E-state index in [1.165, 1.54) is 0 Å². The number of nitrogens with zero attached hydrogens (tertiary/aromatic N) is 2. The van der Waals surface area contributed by atoms with Crippen molar-refractivity contribution in [3.05, 3.63) is 0 Å². The number of nitrogens with one attached hydrogen (secondary N) is 1. The maximum atomic E-state index is 12.2. The van der Waals surface area contributed by atoms with Gasteiger partial charge in [-0.2, -0.15) is 0 Å². The van der Waals surface area contributed by atoms with Crippen molar-refractivity contribution < 1.29 is 14.3 Å². The average Bonchev–Trinajstić information content (AvgIpc) is 2.93. The van der Waals surface area contributed by atoms with Crippen molar-refractivity contribution >= 4 is 5.91 Å². The quantitative estimate of drug-likeness (QED) is 0.739. The van der Waals surface area contributed by atoms with Gasteiger partial charge in [0, 0.05) is 45.3 Å². The van der Waals surface area contributed by atoms with E-state index >= 15 is 0 Å². The largest absolute Gasteiger partial charge is 0.379 e. The van der Waals surface area contributed by atoms with Crippen LogP contribution in [0.5, 0.6) is 0 Å². The van der Waals surface area contributed by atoms with Crippen LogP contribution in [0.2, 0.25) is 0 Å². The Morgan fingerprint density at radius 2 is 2.10 bits per heavy atom. The number of carbonyl (C=O) groups excluding carboxylic acids is 1. The summed E-state index contributed by atoms with van der Waals surface area (Å²) in [4.78, 5) is 16.6. The minimum Gasteiger partial charge on any atom is -0.379 e. The van der Waals surface area contributed by atoms with Crippen molar-refractivity contribution in [1.29, 1.82) is 0 Å². The lowest BCUT2D eigenvalue weighted by molar-refractivity contribution is -0.145. The summed E-state index contributed by atoms with van der Waals surface area (Å²) in [6.45, 7) is 9.28. The molecule has 1 amide bonds. The molecule has 6 heteroatoms. The Morgan fingerprint density at radius 3 is 2.75 bits per heavy atom. The number of amides is 1. The SMILES string of the molecule is CC1(OCC(=O)N2CCC(N3CCOCC3)C2)CNC1. The third-order valence-electron chi connectivity index (χ3n) is 4.62. The minimum atomic E-state index is -0.140. The van der Waals surface area contributed by atoms with Crippen molar-refractivity contribution in [2.24, 2.45) is 0 Å². The Kier molecular flexibility index (Phi) is 4.26. The van der Waals surface area contributed by atoms with Crippen molar-refractivity contribution in [1.82, 2.24) is 15.1 Å². The van der Waals surface area contributed by atoms with Crippen molar-refractivity contribution in [3.8, 4) is 0 Å². The number of carbonyl (C=O) groups is 1.